The first-order chi connectivity index (χ1) is 9.88. The van der Waals surface area contributed by atoms with Gasteiger partial charge < -0.3 is 4.55 Å². The van der Waals surface area contributed by atoms with E-state index < -0.39 is 67.1 Å². The molecule has 0 N–H and O–H groups in total. The zero-order valence-corrected chi connectivity index (χ0v) is 12.2. The van der Waals surface area contributed by atoms with E-state index in [2.05, 4.69) is 0 Å². The summed E-state index contributed by atoms with van der Waals surface area (Å²) in [4.78, 5) is -2.23. The molecule has 1 aromatic rings. The van der Waals surface area contributed by atoms with Crippen molar-refractivity contribution >= 4 is 22.8 Å². The Kier molecular flexibility index (Phi) is 7.15. The first kappa shape index (κ1) is 22.2. The zero-order chi connectivity index (χ0) is 17.5. The summed E-state index contributed by atoms with van der Waals surface area (Å²) >= 11 is -6.42. The molecule has 1 unspecified atom stereocenters. The van der Waals surface area contributed by atoms with Crippen molar-refractivity contribution in [2.24, 2.45) is 0 Å². The number of hydrogen-bond acceptors (Lipinski definition) is 4. The summed E-state index contributed by atoms with van der Waals surface area (Å²) in [7, 11) is 0. The van der Waals surface area contributed by atoms with Crippen LogP contribution in [0.2, 0.25) is 0 Å². The number of alkyl halides is 4. The Morgan fingerprint density at radius 3 is 1.70 bits per heavy atom. The van der Waals surface area contributed by atoms with Gasteiger partial charge in [-0.15, -0.1) is 0 Å². The molecule has 0 aliphatic heterocycles. The Balaban J connectivity index is 0.00000484. The molecule has 0 aliphatic rings. The summed E-state index contributed by atoms with van der Waals surface area (Å²) in [5, 5.41) is -3.17. The summed E-state index contributed by atoms with van der Waals surface area (Å²) in [5.41, 5.74) is -1.79. The summed E-state index contributed by atoms with van der Waals surface area (Å²) < 4.78 is 125. The molecule has 14 heteroatoms. The predicted molar refractivity (Wildman–Crippen MR) is 55.7 cm³/mol. The first-order valence-corrected chi connectivity index (χ1v) is 6.57. The Bertz CT molecular complexity index is 664. The predicted octanol–water partition coefficient (Wildman–Crippen LogP) is 0.275. The van der Waals surface area contributed by atoms with Gasteiger partial charge in [0.05, 0.1) is 4.90 Å². The second-order valence-electron chi connectivity index (χ2n) is 3.44. The fourth-order valence-electron chi connectivity index (χ4n) is 1.08. The minimum atomic E-state index is -5.78. The quantitative estimate of drug-likeness (QED) is 0.249. The Labute approximate surface area is 141 Å². The van der Waals surface area contributed by atoms with Crippen LogP contribution in [0.25, 0.3) is 0 Å². The summed E-state index contributed by atoms with van der Waals surface area (Å²) in [5.74, 6) is -9.84. The summed E-state index contributed by atoms with van der Waals surface area (Å²) in [6.45, 7) is 0. The van der Waals surface area contributed by atoms with E-state index in [9.17, 15) is 43.9 Å². The molecule has 0 heterocycles. The largest absolute Gasteiger partial charge is 1.00 e. The van der Waals surface area contributed by atoms with Crippen LogP contribution in [0.3, 0.4) is 0 Å². The van der Waals surface area contributed by atoms with Crippen LogP contribution in [-0.4, -0.2) is 19.3 Å². The Morgan fingerprint density at radius 2 is 1.39 bits per heavy atom. The van der Waals surface area contributed by atoms with Gasteiger partial charge in [-0.2, -0.15) is 22.8 Å². The normalized spacial score (nSPS) is 13.2. The molecule has 0 aromatic heterocycles. The maximum atomic E-state index is 13.3. The number of nitrogens with zero attached hydrogens (tertiary/aromatic N) is 1. The van der Waals surface area contributed by atoms with Crippen molar-refractivity contribution in [2.75, 3.05) is 0 Å². The van der Waals surface area contributed by atoms with Crippen molar-refractivity contribution in [3.63, 3.8) is 0 Å². The monoisotopic (exact) mass is 377 g/mol. The van der Waals surface area contributed by atoms with Gasteiger partial charge in [0.25, 0.3) is 0 Å². The molecule has 0 radical (unpaired) electrons. The minimum Gasteiger partial charge on any atom is -0.768 e. The van der Waals surface area contributed by atoms with Crippen molar-refractivity contribution in [1.82, 2.24) is 0 Å². The summed E-state index contributed by atoms with van der Waals surface area (Å²) in [6.07, 6.45) is 0. The minimum absolute atomic E-state index is 0. The molecule has 0 saturated carbocycles. The number of halogens is 8. The van der Waals surface area contributed by atoms with Crippen molar-refractivity contribution < 1.29 is 62.7 Å². The van der Waals surface area contributed by atoms with E-state index in [0.717, 1.165) is 0 Å². The number of benzene rings is 1. The second kappa shape index (κ2) is 7.40. The van der Waals surface area contributed by atoms with Gasteiger partial charge in [-0.1, -0.05) is 0 Å². The van der Waals surface area contributed by atoms with Crippen LogP contribution in [0.1, 0.15) is 5.56 Å². The van der Waals surface area contributed by atoms with Gasteiger partial charge in [-0.25, -0.2) is 17.6 Å². The Morgan fingerprint density at radius 1 is 1.00 bits per heavy atom. The third kappa shape index (κ3) is 3.83. The molecule has 1 aromatic carbocycles. The van der Waals surface area contributed by atoms with Gasteiger partial charge in [-0.05, 0) is 11.8 Å². The van der Waals surface area contributed by atoms with Crippen molar-refractivity contribution in [2.45, 2.75) is 15.4 Å². The van der Waals surface area contributed by atoms with Crippen molar-refractivity contribution in [3.8, 4) is 6.07 Å². The molecule has 3 nitrogen and oxygen atoms in total. The SMILES string of the molecule is N#Cc1c(F)c(F)c(SC(F)(F)C(F)(F)S(=O)[O-])c(F)c1F.[Li+]. The van der Waals surface area contributed by atoms with Crippen LogP contribution in [0, 0.1) is 34.6 Å². The molecular weight excluding hydrogens is 377 g/mol. The van der Waals surface area contributed by atoms with E-state index in [1.54, 1.807) is 0 Å². The molecule has 0 spiro atoms. The average Bonchev–Trinajstić information content (AvgIpc) is 2.41. The van der Waals surface area contributed by atoms with E-state index in [-0.39, 0.29) is 18.9 Å². The van der Waals surface area contributed by atoms with E-state index in [4.69, 9.17) is 5.26 Å². The fraction of sp³-hybridized carbons (Fsp3) is 0.222. The Hall–Kier alpha value is -0.793. The van der Waals surface area contributed by atoms with Crippen LogP contribution in [-0.2, 0) is 11.1 Å². The molecule has 122 valence electrons. The van der Waals surface area contributed by atoms with Gasteiger partial charge >= 0.3 is 29.4 Å². The third-order valence-electron chi connectivity index (χ3n) is 2.11. The second-order valence-corrected chi connectivity index (χ2v) is 5.55. The van der Waals surface area contributed by atoms with Gasteiger partial charge in [-0.3, -0.25) is 4.21 Å². The maximum absolute atomic E-state index is 13.3. The van der Waals surface area contributed by atoms with Gasteiger partial charge in [0.15, 0.2) is 23.3 Å². The van der Waals surface area contributed by atoms with Crippen molar-refractivity contribution in [1.29, 1.82) is 5.26 Å². The van der Waals surface area contributed by atoms with Crippen LogP contribution >= 0.6 is 11.8 Å². The topological polar surface area (TPSA) is 63.9 Å². The van der Waals surface area contributed by atoms with Gasteiger partial charge in [0.1, 0.15) is 11.6 Å². The van der Waals surface area contributed by atoms with E-state index in [0.29, 0.717) is 6.07 Å². The van der Waals surface area contributed by atoms with E-state index >= 15 is 0 Å². The number of nitriles is 1. The zero-order valence-electron chi connectivity index (χ0n) is 10.6. The average molecular weight is 377 g/mol. The molecule has 1 rings (SSSR count). The third-order valence-corrected chi connectivity index (χ3v) is 3.99. The fourth-order valence-corrected chi connectivity index (χ4v) is 2.34. The van der Waals surface area contributed by atoms with E-state index in [1.165, 1.54) is 0 Å². The van der Waals surface area contributed by atoms with Crippen LogP contribution in [0.5, 0.6) is 0 Å². The van der Waals surface area contributed by atoms with Crippen LogP contribution < -0.4 is 18.9 Å². The van der Waals surface area contributed by atoms with E-state index in [1.807, 2.05) is 0 Å². The number of thioether (sulfide) groups is 1. The number of hydrogen-bond donors (Lipinski definition) is 0. The molecule has 23 heavy (non-hydrogen) atoms. The standard InChI is InChI=1S/C9HF8NO2S2.Li/c10-3-2(1-18)4(11)6(13)7(5(3)12)21-8(14,15)9(16,17)22(19)20;/h(H,19,20);/q;+1/p-1. The maximum Gasteiger partial charge on any atom is 1.00 e. The molecule has 0 saturated heterocycles. The van der Waals surface area contributed by atoms with Crippen LogP contribution in [0.4, 0.5) is 35.1 Å². The van der Waals surface area contributed by atoms with Crippen LogP contribution in [0.15, 0.2) is 4.90 Å². The molecule has 1 atom stereocenters. The molecule has 0 aliphatic carbocycles. The molecule has 0 amide bonds. The van der Waals surface area contributed by atoms with Gasteiger partial charge in [0, 0.05) is 11.1 Å². The van der Waals surface area contributed by atoms with Gasteiger partial charge in [0.2, 0.25) is 0 Å². The summed E-state index contributed by atoms with van der Waals surface area (Å²) in [6, 6.07) is 0.710. The molecular formula is C9F8LiNO2S2. The first-order valence-electron chi connectivity index (χ1n) is 4.68. The smallest absolute Gasteiger partial charge is 0.768 e. The molecule has 0 bridgehead atoms. The molecule has 0 fully saturated rings. The van der Waals surface area contributed by atoms with Crippen molar-refractivity contribution in [3.05, 3.63) is 28.8 Å². The number of rotatable bonds is 4.